The molecule has 0 aliphatic heterocycles. The summed E-state index contributed by atoms with van der Waals surface area (Å²) in [7, 11) is 0. The van der Waals surface area contributed by atoms with Gasteiger partial charge >= 0.3 is 0 Å². The molecule has 2 nitrogen and oxygen atoms in total. The Labute approximate surface area is 126 Å². The Bertz CT molecular complexity index is 535. The molecule has 0 amide bonds. The lowest BCUT2D eigenvalue weighted by molar-refractivity contribution is 0.481. The zero-order valence-corrected chi connectivity index (χ0v) is 13.2. The first-order valence-electron chi connectivity index (χ1n) is 7.61. The van der Waals surface area contributed by atoms with Crippen LogP contribution in [0, 0.1) is 0 Å². The number of nitrogens with one attached hydrogen (secondary N) is 1. The van der Waals surface area contributed by atoms with Crippen LogP contribution in [0.15, 0.2) is 28.7 Å². The van der Waals surface area contributed by atoms with E-state index in [0.717, 1.165) is 23.1 Å². The van der Waals surface area contributed by atoms with Gasteiger partial charge in [-0.05, 0) is 31.0 Å². The molecule has 1 aromatic carbocycles. The maximum absolute atomic E-state index is 6.19. The molecule has 0 bridgehead atoms. The van der Waals surface area contributed by atoms with E-state index in [1.54, 1.807) is 0 Å². The SMILES string of the molecule is CCCCCCC(C)NCc1c(Cl)oc2ccccc12. The van der Waals surface area contributed by atoms with Crippen LogP contribution in [0.4, 0.5) is 0 Å². The van der Waals surface area contributed by atoms with Gasteiger partial charge in [0.15, 0.2) is 5.22 Å². The van der Waals surface area contributed by atoms with Crippen LogP contribution in [0.1, 0.15) is 51.5 Å². The highest BCUT2D eigenvalue weighted by Gasteiger charge is 2.12. The summed E-state index contributed by atoms with van der Waals surface area (Å²) < 4.78 is 5.57. The van der Waals surface area contributed by atoms with E-state index in [1.807, 2.05) is 18.2 Å². The Morgan fingerprint density at radius 2 is 2.00 bits per heavy atom. The maximum Gasteiger partial charge on any atom is 0.199 e. The minimum absolute atomic E-state index is 0.511. The first-order valence-corrected chi connectivity index (χ1v) is 7.99. The van der Waals surface area contributed by atoms with Gasteiger partial charge in [-0.2, -0.15) is 0 Å². The molecule has 0 saturated carbocycles. The van der Waals surface area contributed by atoms with Crippen molar-refractivity contribution in [3.63, 3.8) is 0 Å². The third-order valence-electron chi connectivity index (χ3n) is 3.77. The smallest absolute Gasteiger partial charge is 0.199 e. The van der Waals surface area contributed by atoms with E-state index in [-0.39, 0.29) is 0 Å². The van der Waals surface area contributed by atoms with Crippen LogP contribution >= 0.6 is 11.6 Å². The second kappa shape index (κ2) is 7.70. The molecule has 1 atom stereocenters. The van der Waals surface area contributed by atoms with E-state index in [2.05, 4.69) is 25.2 Å². The number of hydrogen-bond donors (Lipinski definition) is 1. The molecule has 2 rings (SSSR count). The normalized spacial score (nSPS) is 12.9. The highest BCUT2D eigenvalue weighted by Crippen LogP contribution is 2.29. The van der Waals surface area contributed by atoms with Crippen molar-refractivity contribution in [3.05, 3.63) is 35.0 Å². The quantitative estimate of drug-likeness (QED) is 0.647. The summed E-state index contributed by atoms with van der Waals surface area (Å²) in [4.78, 5) is 0. The van der Waals surface area contributed by atoms with Crippen LogP contribution < -0.4 is 5.32 Å². The van der Waals surface area contributed by atoms with Gasteiger partial charge in [-0.1, -0.05) is 50.8 Å². The van der Waals surface area contributed by atoms with Gasteiger partial charge in [-0.3, -0.25) is 0 Å². The molecule has 0 aliphatic rings. The molecule has 110 valence electrons. The van der Waals surface area contributed by atoms with Crippen molar-refractivity contribution in [2.75, 3.05) is 0 Å². The molecule has 0 radical (unpaired) electrons. The molecular weight excluding hydrogens is 270 g/mol. The van der Waals surface area contributed by atoms with Crippen molar-refractivity contribution in [1.82, 2.24) is 5.32 Å². The molecule has 0 aliphatic carbocycles. The average Bonchev–Trinajstić information content (AvgIpc) is 2.77. The standard InChI is InChI=1S/C17H24ClNO/c1-3-4-5-6-9-13(2)19-12-15-14-10-7-8-11-16(14)20-17(15)18/h7-8,10-11,13,19H,3-6,9,12H2,1-2H3. The zero-order valence-electron chi connectivity index (χ0n) is 12.4. The van der Waals surface area contributed by atoms with Gasteiger partial charge < -0.3 is 9.73 Å². The lowest BCUT2D eigenvalue weighted by Crippen LogP contribution is -2.25. The minimum Gasteiger partial charge on any atom is -0.444 e. The van der Waals surface area contributed by atoms with Crippen molar-refractivity contribution in [2.45, 2.75) is 58.5 Å². The molecule has 0 spiro atoms. The second-order valence-electron chi connectivity index (χ2n) is 5.48. The van der Waals surface area contributed by atoms with Gasteiger partial charge in [-0.25, -0.2) is 0 Å². The van der Waals surface area contributed by atoms with Crippen molar-refractivity contribution in [1.29, 1.82) is 0 Å². The number of halogens is 1. The fourth-order valence-electron chi connectivity index (χ4n) is 2.49. The number of benzene rings is 1. The molecule has 3 heteroatoms. The lowest BCUT2D eigenvalue weighted by Gasteiger charge is -2.13. The number of rotatable bonds is 8. The number of unbranched alkanes of at least 4 members (excludes halogenated alkanes) is 3. The highest BCUT2D eigenvalue weighted by atomic mass is 35.5. The molecule has 20 heavy (non-hydrogen) atoms. The van der Waals surface area contributed by atoms with Crippen molar-refractivity contribution in [3.8, 4) is 0 Å². The Morgan fingerprint density at radius 3 is 2.80 bits per heavy atom. The monoisotopic (exact) mass is 293 g/mol. The summed E-state index contributed by atoms with van der Waals surface area (Å²) >= 11 is 6.19. The Hall–Kier alpha value is -0.990. The van der Waals surface area contributed by atoms with Crippen LogP contribution in [0.3, 0.4) is 0 Å². The number of hydrogen-bond acceptors (Lipinski definition) is 2. The van der Waals surface area contributed by atoms with E-state index in [4.69, 9.17) is 16.0 Å². The van der Waals surface area contributed by atoms with Crippen LogP contribution in [0.5, 0.6) is 0 Å². The minimum atomic E-state index is 0.511. The fraction of sp³-hybridized carbons (Fsp3) is 0.529. The van der Waals surface area contributed by atoms with E-state index in [9.17, 15) is 0 Å². The maximum atomic E-state index is 6.19. The molecule has 1 heterocycles. The summed E-state index contributed by atoms with van der Waals surface area (Å²) in [5.74, 6) is 0. The number of furan rings is 1. The predicted molar refractivity (Wildman–Crippen MR) is 86.3 cm³/mol. The van der Waals surface area contributed by atoms with Crippen LogP contribution in [0.2, 0.25) is 5.22 Å². The first kappa shape index (κ1) is 15.4. The van der Waals surface area contributed by atoms with Gasteiger partial charge in [0.25, 0.3) is 0 Å². The van der Waals surface area contributed by atoms with E-state index < -0.39 is 0 Å². The number of para-hydroxylation sites is 1. The Balaban J connectivity index is 1.87. The van der Waals surface area contributed by atoms with Gasteiger partial charge in [-0.15, -0.1) is 0 Å². The molecule has 1 unspecified atom stereocenters. The average molecular weight is 294 g/mol. The highest BCUT2D eigenvalue weighted by molar-refractivity contribution is 6.30. The van der Waals surface area contributed by atoms with Crippen LogP contribution in [-0.4, -0.2) is 6.04 Å². The van der Waals surface area contributed by atoms with E-state index >= 15 is 0 Å². The zero-order chi connectivity index (χ0) is 14.4. The van der Waals surface area contributed by atoms with Gasteiger partial charge in [0.2, 0.25) is 0 Å². The van der Waals surface area contributed by atoms with Crippen molar-refractivity contribution >= 4 is 22.6 Å². The van der Waals surface area contributed by atoms with E-state index in [0.29, 0.717) is 11.3 Å². The molecular formula is C17H24ClNO. The summed E-state index contributed by atoms with van der Waals surface area (Å²) in [6.07, 6.45) is 6.47. The Morgan fingerprint density at radius 1 is 1.20 bits per heavy atom. The fourth-order valence-corrected chi connectivity index (χ4v) is 2.74. The van der Waals surface area contributed by atoms with Crippen LogP contribution in [0.25, 0.3) is 11.0 Å². The number of fused-ring (bicyclic) bond motifs is 1. The molecule has 1 aromatic heterocycles. The van der Waals surface area contributed by atoms with Crippen molar-refractivity contribution in [2.24, 2.45) is 0 Å². The van der Waals surface area contributed by atoms with Crippen LogP contribution in [-0.2, 0) is 6.54 Å². The van der Waals surface area contributed by atoms with Gasteiger partial charge in [0, 0.05) is 23.5 Å². The first-order chi connectivity index (χ1) is 9.72. The third kappa shape index (κ3) is 4.00. The predicted octanol–water partition coefficient (Wildman–Crippen LogP) is 5.53. The topological polar surface area (TPSA) is 25.2 Å². The van der Waals surface area contributed by atoms with Gasteiger partial charge in [0.1, 0.15) is 5.58 Å². The van der Waals surface area contributed by atoms with Crippen molar-refractivity contribution < 1.29 is 4.42 Å². The Kier molecular flexibility index (Phi) is 5.93. The summed E-state index contributed by atoms with van der Waals surface area (Å²) in [5.41, 5.74) is 1.94. The molecule has 1 N–H and O–H groups in total. The van der Waals surface area contributed by atoms with Gasteiger partial charge in [0.05, 0.1) is 0 Å². The summed E-state index contributed by atoms with van der Waals surface area (Å²) in [5, 5.41) is 5.18. The second-order valence-corrected chi connectivity index (χ2v) is 5.83. The summed E-state index contributed by atoms with van der Waals surface area (Å²) in [6.45, 7) is 5.25. The van der Waals surface area contributed by atoms with E-state index in [1.165, 1.54) is 32.1 Å². The molecule has 0 fully saturated rings. The molecule has 2 aromatic rings. The largest absolute Gasteiger partial charge is 0.444 e. The molecule has 0 saturated heterocycles. The third-order valence-corrected chi connectivity index (χ3v) is 4.07. The summed E-state index contributed by atoms with van der Waals surface area (Å²) in [6, 6.07) is 8.52. The lowest BCUT2D eigenvalue weighted by atomic mass is 10.1.